The van der Waals surface area contributed by atoms with Gasteiger partial charge in [-0.25, -0.2) is 9.67 Å². The molecule has 0 atom stereocenters. The van der Waals surface area contributed by atoms with Crippen LogP contribution in [0.25, 0.3) is 151 Å². The average Bonchev–Trinajstić information content (AvgIpc) is 1.48. The van der Waals surface area contributed by atoms with Crippen LogP contribution >= 0.6 is 0 Å². The van der Waals surface area contributed by atoms with Crippen molar-refractivity contribution in [3.63, 3.8) is 0 Å². The van der Waals surface area contributed by atoms with Gasteiger partial charge in [-0.05, 0) is 165 Å². The first kappa shape index (κ1) is 91.6. The van der Waals surface area contributed by atoms with Crippen molar-refractivity contribution in [2.45, 2.75) is 95.4 Å². The molecule has 20 heteroatoms. The van der Waals surface area contributed by atoms with Crippen LogP contribution in [0.5, 0.6) is 0 Å². The third kappa shape index (κ3) is 17.7. The van der Waals surface area contributed by atoms with Gasteiger partial charge in [0.2, 0.25) is 5.95 Å². The molecule has 0 unspecified atom stereocenters. The first-order chi connectivity index (χ1) is 60.3. The summed E-state index contributed by atoms with van der Waals surface area (Å²) in [4.78, 5) is 27.3. The number of nitrogens with zero attached hydrogens (tertiary/aromatic N) is 15. The molecule has 128 heavy (non-hydrogen) atoms. The molecule has 0 saturated heterocycles. The van der Waals surface area contributed by atoms with Crippen LogP contribution in [0, 0.1) is 99.7 Å². The molecular weight excluding hydrogens is 2290 g/mol. The summed E-state index contributed by atoms with van der Waals surface area (Å²) in [7, 11) is 3.92. The third-order valence-electron chi connectivity index (χ3n) is 23.5. The topological polar surface area (TPSA) is 150 Å². The number of para-hydroxylation sites is 3. The summed E-state index contributed by atoms with van der Waals surface area (Å²) in [6.45, 7) is 25.9. The zero-order valence-corrected chi connectivity index (χ0v) is 83.0. The fourth-order valence-corrected chi connectivity index (χ4v) is 17.5. The van der Waals surface area contributed by atoms with Crippen LogP contribution in [0.15, 0.2) is 291 Å². The van der Waals surface area contributed by atoms with Gasteiger partial charge < -0.3 is 31.6 Å². The monoisotopic (exact) mass is 2390 g/mol. The maximum atomic E-state index is 6.25. The van der Waals surface area contributed by atoms with E-state index in [0.29, 0.717) is 17.8 Å². The summed E-state index contributed by atoms with van der Waals surface area (Å²) in [6, 6.07) is 95.8. The zero-order valence-electron chi connectivity index (χ0n) is 73.4. The van der Waals surface area contributed by atoms with E-state index in [1.165, 1.54) is 143 Å². The minimum absolute atomic E-state index is 0. The minimum Gasteiger partial charge on any atom is -0.456 e. The number of furan rings is 1. The predicted molar refractivity (Wildman–Crippen MR) is 502 cm³/mol. The Morgan fingerprint density at radius 2 is 1.09 bits per heavy atom. The Bertz CT molecular complexity index is 7690. The molecule has 16 nitrogen and oxygen atoms in total. The second-order valence-corrected chi connectivity index (χ2v) is 32.2. The van der Waals surface area contributed by atoms with Crippen molar-refractivity contribution in [1.82, 2.24) is 72.0 Å². The maximum Gasteiger partial charge on any atom is 0.222 e. The van der Waals surface area contributed by atoms with Gasteiger partial charge in [-0.2, -0.15) is 5.10 Å². The molecule has 0 N–H and O–H groups in total. The number of pyridine rings is 2. The van der Waals surface area contributed by atoms with E-state index >= 15 is 0 Å². The van der Waals surface area contributed by atoms with Gasteiger partial charge >= 0.3 is 0 Å². The SMILES string of the molecule is Cc1cc(C)c(-c2cnc3c4[c-]cccc4c4ccc(C)cc4n23)c(C)c1.Cc1cc(Cc2cccc3c2oc2ccccc23)cc(C)c1-n1ccnc1-c1[c-]cccc1.Cc1ccccc1-c1cc[c-]c2c1c1ccccc1n1c(-c3ccc(C(C)C)cc3C)cnc21.Cc1nc(-n2ncnc2-n2[c-]ccn2)n(C)c1C.Cn1ccnc1-c1[c-]cccc1.[Ir].[Ir].[Ir].[Ir]. The number of hydrogen-bond donors (Lipinski definition) is 0. The Morgan fingerprint density at radius 3 is 1.77 bits per heavy atom. The molecule has 0 aliphatic rings. The molecule has 0 bridgehead atoms. The van der Waals surface area contributed by atoms with E-state index in [1.54, 1.807) is 23.1 Å². The molecule has 4 radical (unpaired) electrons. The Labute approximate surface area is 799 Å². The minimum atomic E-state index is 0. The molecule has 0 spiro atoms. The van der Waals surface area contributed by atoms with Gasteiger partial charge in [0.1, 0.15) is 17.5 Å². The molecule has 0 aliphatic carbocycles. The molecule has 0 saturated carbocycles. The van der Waals surface area contributed by atoms with Crippen molar-refractivity contribution in [3.05, 3.63) is 389 Å². The number of hydrogen-bond acceptors (Lipinski definition) is 9. The van der Waals surface area contributed by atoms with Crippen LogP contribution < -0.4 is 0 Å². The molecule has 0 aliphatic heterocycles. The second kappa shape index (κ2) is 39.4. The smallest absolute Gasteiger partial charge is 0.222 e. The largest absolute Gasteiger partial charge is 0.456 e. The van der Waals surface area contributed by atoms with Crippen molar-refractivity contribution in [1.29, 1.82) is 0 Å². The van der Waals surface area contributed by atoms with E-state index in [1.807, 2.05) is 141 Å². The Kier molecular flexibility index (Phi) is 28.2. The number of aromatic nitrogens is 15. The number of imidazole rings is 5. The predicted octanol–water partition coefficient (Wildman–Crippen LogP) is 24.8. The first-order valence-corrected chi connectivity index (χ1v) is 41.8. The summed E-state index contributed by atoms with van der Waals surface area (Å²) in [5, 5.41) is 17.6. The van der Waals surface area contributed by atoms with E-state index in [0.717, 1.165) is 85.2 Å². The van der Waals surface area contributed by atoms with Crippen molar-refractivity contribution < 1.29 is 84.8 Å². The Balaban J connectivity index is 0.000000133. The molecule has 0 fully saturated rings. The number of rotatable bonds is 11. The van der Waals surface area contributed by atoms with Gasteiger partial charge in [0.05, 0.1) is 40.0 Å². The van der Waals surface area contributed by atoms with Gasteiger partial charge in [0.25, 0.3) is 0 Å². The average molecular weight is 2380 g/mol. The van der Waals surface area contributed by atoms with Crippen molar-refractivity contribution >= 4 is 76.6 Å². The summed E-state index contributed by atoms with van der Waals surface area (Å²) >= 11 is 0. The summed E-state index contributed by atoms with van der Waals surface area (Å²) in [6.07, 6.45) is 18.5. The van der Waals surface area contributed by atoms with Crippen molar-refractivity contribution in [3.8, 4) is 74.0 Å². The van der Waals surface area contributed by atoms with E-state index in [-0.39, 0.29) is 80.4 Å². The molecule has 10 aromatic heterocycles. The third-order valence-corrected chi connectivity index (χ3v) is 23.5. The van der Waals surface area contributed by atoms with Crippen LogP contribution in [0.4, 0.5) is 0 Å². The molecule has 22 aromatic rings. The van der Waals surface area contributed by atoms with Crippen LogP contribution in [-0.4, -0.2) is 72.0 Å². The van der Waals surface area contributed by atoms with E-state index in [2.05, 4.69) is 301 Å². The second-order valence-electron chi connectivity index (χ2n) is 32.2. The normalized spacial score (nSPS) is 11.1. The van der Waals surface area contributed by atoms with E-state index < -0.39 is 0 Å². The molecular formula is C108H92Ir4N15O-5. The van der Waals surface area contributed by atoms with Crippen LogP contribution in [0.3, 0.4) is 0 Å². The van der Waals surface area contributed by atoms with E-state index in [9.17, 15) is 0 Å². The van der Waals surface area contributed by atoms with Gasteiger partial charge in [-0.3, -0.25) is 30.0 Å². The van der Waals surface area contributed by atoms with Crippen molar-refractivity contribution in [2.75, 3.05) is 0 Å². The van der Waals surface area contributed by atoms with Gasteiger partial charge in [0.15, 0.2) is 5.95 Å². The van der Waals surface area contributed by atoms with E-state index in [4.69, 9.17) is 14.4 Å². The Morgan fingerprint density at radius 1 is 0.438 bits per heavy atom. The maximum absolute atomic E-state index is 6.25. The first-order valence-electron chi connectivity index (χ1n) is 41.8. The molecule has 22 rings (SSSR count). The summed E-state index contributed by atoms with van der Waals surface area (Å²) < 4.78 is 20.2. The number of benzene rings is 12. The Hall–Kier alpha value is -12.6. The van der Waals surface area contributed by atoms with Gasteiger partial charge in [-0.1, -0.05) is 187 Å². The summed E-state index contributed by atoms with van der Waals surface area (Å²) in [5.41, 5.74) is 32.6. The standard InChI is InChI=1S/C32H27N2.C30H23N2O.C25H21N2.C11H12N7.C10H9N2.4Ir/c1-20(2)23-16-17-25(22(4)18-23)30-19-33-32-28-14-9-13-26(24-11-6-5-10-21(24)3)31(28)27-12-7-8-15-29(27)34(30)32;1-20-17-22(19-24-11-8-13-26-25-12-6-7-14-27(25)33-29(24)26)18-21(2)28(20)32-16-15-31-30(32)23-9-4-3-5-10-23;1-15-9-10-20-19-7-5-6-8-21(19)25-26-14-23(27(25)22(20)13-15)24-17(3)11-16(2)12-18(24)4;1-8-9(2)16(3)11(15-8)18-10(12-7-14-18)17-6-4-5-13-17;1-12-8-7-11-10(12)9-5-3-2-4-6-9;;;;/h5-13,15-20H,1-4H3;3-9,11-18H,19H2,1-2H3;5-7,9-14H,1-4H3;4-5,7H,1-3H3;2-5,7-8H,1H3;;;;/q5*-1;;;;. The quantitative estimate of drug-likeness (QED) is 0.0911. The van der Waals surface area contributed by atoms with Gasteiger partial charge in [0, 0.05) is 182 Å². The summed E-state index contributed by atoms with van der Waals surface area (Å²) in [5.74, 6) is 3.64. The zero-order chi connectivity index (χ0) is 85.6. The molecule has 12 aromatic carbocycles. The fourth-order valence-electron chi connectivity index (χ4n) is 17.5. The molecule has 0 amide bonds. The fraction of sp³-hybridized carbons (Fsp3) is 0.148. The van der Waals surface area contributed by atoms with Crippen LogP contribution in [0.2, 0.25) is 0 Å². The van der Waals surface area contributed by atoms with Gasteiger partial charge in [-0.15, -0.1) is 126 Å². The van der Waals surface area contributed by atoms with Crippen LogP contribution in [-0.2, 0) is 101 Å². The molecule has 10 heterocycles. The number of aryl methyl sites for hydroxylation is 10. The van der Waals surface area contributed by atoms with Crippen LogP contribution in [0.1, 0.15) is 92.4 Å². The van der Waals surface area contributed by atoms with Crippen molar-refractivity contribution in [2.24, 2.45) is 14.1 Å². The number of fused-ring (bicyclic) bond motifs is 15. The molecule has 646 valence electrons.